The molecule has 4 heteroatoms. The fourth-order valence-corrected chi connectivity index (χ4v) is 4.05. The number of rotatable bonds is 6. The van der Waals surface area contributed by atoms with Gasteiger partial charge in [0.25, 0.3) is 0 Å². The molecule has 0 aromatic heterocycles. The molecule has 2 aromatic carbocycles. The molecule has 3 rings (SSSR count). The number of ether oxygens (including phenoxy) is 1. The zero-order valence-electron chi connectivity index (χ0n) is 15.2. The van der Waals surface area contributed by atoms with E-state index in [0.717, 1.165) is 23.9 Å². The highest BCUT2D eigenvalue weighted by Gasteiger charge is 2.14. The maximum absolute atomic E-state index is 6.22. The highest BCUT2D eigenvalue weighted by molar-refractivity contribution is 6.35. The van der Waals surface area contributed by atoms with Gasteiger partial charge in [-0.05, 0) is 49.9 Å². The number of nitrogens with two attached hydrogens (primary N) is 1. The molecule has 0 radical (unpaired) electrons. The summed E-state index contributed by atoms with van der Waals surface area (Å²) in [7, 11) is 0. The molecular formula is C22H28Cl2NO+. The van der Waals surface area contributed by atoms with E-state index in [2.05, 4.69) is 23.5 Å². The third-order valence-electron chi connectivity index (χ3n) is 5.14. The van der Waals surface area contributed by atoms with Gasteiger partial charge >= 0.3 is 0 Å². The molecule has 0 aliphatic heterocycles. The first-order valence-corrected chi connectivity index (χ1v) is 10.5. The molecule has 0 amide bonds. The fourth-order valence-electron chi connectivity index (χ4n) is 3.59. The lowest BCUT2D eigenvalue weighted by atomic mass is 9.96. The first-order chi connectivity index (χ1) is 12.7. The topological polar surface area (TPSA) is 25.8 Å². The highest BCUT2D eigenvalue weighted by atomic mass is 35.5. The molecule has 0 unspecified atom stereocenters. The first kappa shape index (κ1) is 19.5. The van der Waals surface area contributed by atoms with Crippen molar-refractivity contribution in [3.05, 3.63) is 63.6 Å². The Morgan fingerprint density at radius 2 is 1.69 bits per heavy atom. The van der Waals surface area contributed by atoms with Crippen LogP contribution in [-0.4, -0.2) is 6.04 Å². The summed E-state index contributed by atoms with van der Waals surface area (Å²) in [6.07, 6.45) is 9.69. The molecule has 2 N–H and O–H groups in total. The maximum Gasteiger partial charge on any atom is 0.120 e. The van der Waals surface area contributed by atoms with E-state index in [-0.39, 0.29) is 0 Å². The van der Waals surface area contributed by atoms with Crippen LogP contribution in [-0.2, 0) is 13.2 Å². The first-order valence-electron chi connectivity index (χ1n) is 9.70. The summed E-state index contributed by atoms with van der Waals surface area (Å²) in [6, 6.07) is 14.7. The van der Waals surface area contributed by atoms with Crippen molar-refractivity contribution < 1.29 is 10.1 Å². The van der Waals surface area contributed by atoms with Crippen molar-refractivity contribution in [2.75, 3.05) is 0 Å². The third kappa shape index (κ3) is 6.19. The smallest absolute Gasteiger partial charge is 0.120 e. The maximum atomic E-state index is 6.22. The molecule has 2 nitrogen and oxygen atoms in total. The van der Waals surface area contributed by atoms with Crippen molar-refractivity contribution in [1.29, 1.82) is 0 Å². The monoisotopic (exact) mass is 392 g/mol. The summed E-state index contributed by atoms with van der Waals surface area (Å²) >= 11 is 12.2. The van der Waals surface area contributed by atoms with Crippen molar-refractivity contribution in [2.24, 2.45) is 0 Å². The van der Waals surface area contributed by atoms with Gasteiger partial charge in [0.2, 0.25) is 0 Å². The van der Waals surface area contributed by atoms with E-state index in [0.29, 0.717) is 16.7 Å². The van der Waals surface area contributed by atoms with Gasteiger partial charge in [-0.2, -0.15) is 0 Å². The lowest BCUT2D eigenvalue weighted by molar-refractivity contribution is -0.706. The molecule has 1 saturated carbocycles. The van der Waals surface area contributed by atoms with Crippen molar-refractivity contribution in [1.82, 2.24) is 0 Å². The number of benzene rings is 2. The SMILES string of the molecule is Clc1ccc(COc2cccc(C[NH2+]C3CCCCCCC3)c2)c(Cl)c1. The van der Waals surface area contributed by atoms with Crippen LogP contribution in [0.25, 0.3) is 0 Å². The standard InChI is InChI=1S/C22H27Cl2NO/c23-19-12-11-18(22(24)14-19)16-26-21-10-6-7-17(13-21)15-25-20-8-4-2-1-3-5-9-20/h6-7,10-14,20,25H,1-5,8-9,15-16H2/p+1. The van der Waals surface area contributed by atoms with E-state index >= 15 is 0 Å². The lowest BCUT2D eigenvalue weighted by Crippen LogP contribution is -2.88. The molecule has 0 spiro atoms. The molecule has 26 heavy (non-hydrogen) atoms. The highest BCUT2D eigenvalue weighted by Crippen LogP contribution is 2.23. The Hall–Kier alpha value is -1.22. The zero-order chi connectivity index (χ0) is 18.2. The average molecular weight is 393 g/mol. The normalized spacial score (nSPS) is 16.1. The second-order valence-electron chi connectivity index (χ2n) is 7.22. The molecule has 1 aliphatic carbocycles. The van der Waals surface area contributed by atoms with E-state index < -0.39 is 0 Å². The van der Waals surface area contributed by atoms with Gasteiger partial charge in [0.05, 0.1) is 6.04 Å². The molecule has 2 aromatic rings. The second kappa shape index (κ2) is 10.2. The number of hydrogen-bond acceptors (Lipinski definition) is 1. The van der Waals surface area contributed by atoms with Gasteiger partial charge < -0.3 is 10.1 Å². The van der Waals surface area contributed by atoms with Crippen LogP contribution >= 0.6 is 23.2 Å². The third-order valence-corrected chi connectivity index (χ3v) is 5.73. The van der Waals surface area contributed by atoms with Gasteiger partial charge in [0, 0.05) is 21.2 Å². The summed E-state index contributed by atoms with van der Waals surface area (Å²) in [5, 5.41) is 3.80. The summed E-state index contributed by atoms with van der Waals surface area (Å²) in [6.45, 7) is 1.47. The number of hydrogen-bond donors (Lipinski definition) is 1. The Balaban J connectivity index is 1.52. The van der Waals surface area contributed by atoms with E-state index in [1.807, 2.05) is 18.2 Å². The van der Waals surface area contributed by atoms with E-state index in [1.165, 1.54) is 50.5 Å². The summed E-state index contributed by atoms with van der Waals surface area (Å²) in [5.74, 6) is 0.889. The van der Waals surface area contributed by atoms with Crippen LogP contribution < -0.4 is 10.1 Å². The summed E-state index contributed by atoms with van der Waals surface area (Å²) < 4.78 is 5.94. The van der Waals surface area contributed by atoms with Gasteiger partial charge in [-0.3, -0.25) is 0 Å². The minimum atomic E-state index is 0.450. The van der Waals surface area contributed by atoms with Crippen LogP contribution in [0.2, 0.25) is 10.0 Å². The van der Waals surface area contributed by atoms with Crippen molar-refractivity contribution in [3.63, 3.8) is 0 Å². The number of quaternary nitrogens is 1. The Bertz CT molecular complexity index is 696. The predicted molar refractivity (Wildman–Crippen MR) is 109 cm³/mol. The molecule has 0 heterocycles. The van der Waals surface area contributed by atoms with Crippen LogP contribution in [0.3, 0.4) is 0 Å². The van der Waals surface area contributed by atoms with Gasteiger partial charge in [-0.1, -0.05) is 60.7 Å². The van der Waals surface area contributed by atoms with Crippen LogP contribution in [0.1, 0.15) is 56.1 Å². The Kier molecular flexibility index (Phi) is 7.67. The quantitative estimate of drug-likeness (QED) is 0.665. The van der Waals surface area contributed by atoms with E-state index in [1.54, 1.807) is 6.07 Å². The van der Waals surface area contributed by atoms with Gasteiger partial charge in [0.1, 0.15) is 18.9 Å². The summed E-state index contributed by atoms with van der Waals surface area (Å²) in [4.78, 5) is 0. The molecule has 0 saturated heterocycles. The van der Waals surface area contributed by atoms with Crippen LogP contribution in [0.5, 0.6) is 5.75 Å². The van der Waals surface area contributed by atoms with Gasteiger partial charge in [-0.25, -0.2) is 0 Å². The van der Waals surface area contributed by atoms with Crippen LogP contribution in [0.15, 0.2) is 42.5 Å². The number of halogens is 2. The van der Waals surface area contributed by atoms with Crippen LogP contribution in [0, 0.1) is 0 Å². The Labute approximate surface area is 166 Å². The van der Waals surface area contributed by atoms with E-state index in [9.17, 15) is 0 Å². The van der Waals surface area contributed by atoms with Gasteiger partial charge in [0.15, 0.2) is 0 Å². The molecule has 0 bridgehead atoms. The van der Waals surface area contributed by atoms with Crippen LogP contribution in [0.4, 0.5) is 0 Å². The largest absolute Gasteiger partial charge is 0.489 e. The lowest BCUT2D eigenvalue weighted by Gasteiger charge is -2.18. The molecular weight excluding hydrogens is 365 g/mol. The minimum Gasteiger partial charge on any atom is -0.489 e. The van der Waals surface area contributed by atoms with E-state index in [4.69, 9.17) is 27.9 Å². The van der Waals surface area contributed by atoms with Crippen molar-refractivity contribution in [2.45, 2.75) is 64.1 Å². The Morgan fingerprint density at radius 1 is 0.923 bits per heavy atom. The van der Waals surface area contributed by atoms with Gasteiger partial charge in [-0.15, -0.1) is 0 Å². The zero-order valence-corrected chi connectivity index (χ0v) is 16.7. The molecule has 0 atom stereocenters. The fraction of sp³-hybridized carbons (Fsp3) is 0.455. The predicted octanol–water partition coefficient (Wildman–Crippen LogP) is 5.75. The second-order valence-corrected chi connectivity index (χ2v) is 8.06. The summed E-state index contributed by atoms with van der Waals surface area (Å²) in [5.41, 5.74) is 2.26. The Morgan fingerprint density at radius 3 is 2.46 bits per heavy atom. The molecule has 1 fully saturated rings. The average Bonchev–Trinajstić information content (AvgIpc) is 2.60. The minimum absolute atomic E-state index is 0.450. The van der Waals surface area contributed by atoms with Crippen molar-refractivity contribution in [3.8, 4) is 5.75 Å². The van der Waals surface area contributed by atoms with Crippen molar-refractivity contribution >= 4 is 23.2 Å². The molecule has 140 valence electrons. The molecule has 1 aliphatic rings.